The average Bonchev–Trinajstić information content (AvgIpc) is 1.76. The number of aromatic amines is 1. The molecule has 0 saturated heterocycles. The first-order valence-electron chi connectivity index (χ1n) is 1.44. The Kier molecular flexibility index (Phi) is 88.3. The third kappa shape index (κ3) is 15.8. The van der Waals surface area contributed by atoms with E-state index in [0.717, 1.165) is 0 Å². The van der Waals surface area contributed by atoms with Gasteiger partial charge in [-0.25, -0.2) is 0 Å². The molecule has 10 heavy (non-hydrogen) atoms. The Balaban J connectivity index is -0.0000000167. The SMILES string of the molecule is F.F.F.F.[B].c1cn[nH]c1. The zero-order chi connectivity index (χ0) is 3.54. The number of hydrogen-bond acceptors (Lipinski definition) is 1. The molecule has 1 rings (SSSR count). The molecule has 0 aliphatic rings. The highest BCUT2D eigenvalue weighted by atomic mass is 19.0. The van der Waals surface area contributed by atoms with Gasteiger partial charge in [0.2, 0.25) is 0 Å². The van der Waals surface area contributed by atoms with Crippen LogP contribution in [0.3, 0.4) is 0 Å². The average molecular weight is 159 g/mol. The van der Waals surface area contributed by atoms with E-state index in [4.69, 9.17) is 0 Å². The quantitative estimate of drug-likeness (QED) is 0.436. The predicted molar refractivity (Wildman–Crippen MR) is 34.4 cm³/mol. The van der Waals surface area contributed by atoms with E-state index in [0.29, 0.717) is 0 Å². The highest BCUT2D eigenvalue weighted by molar-refractivity contribution is 5.75. The second-order valence-corrected chi connectivity index (χ2v) is 0.766. The second kappa shape index (κ2) is 24.5. The fourth-order valence-electron chi connectivity index (χ4n) is 0.215. The van der Waals surface area contributed by atoms with Crippen molar-refractivity contribution in [1.82, 2.24) is 10.2 Å². The molecule has 0 bridgehead atoms. The lowest BCUT2D eigenvalue weighted by Crippen LogP contribution is -1.53. The van der Waals surface area contributed by atoms with Gasteiger partial charge in [-0.3, -0.25) is 23.9 Å². The first kappa shape index (κ1) is 36.0. The number of nitrogens with zero attached hydrogens (tertiary/aromatic N) is 1. The number of aromatic nitrogens is 2. The van der Waals surface area contributed by atoms with E-state index in [1.807, 2.05) is 6.07 Å². The molecule has 0 amide bonds. The molecule has 0 unspecified atom stereocenters. The molecule has 1 N–H and O–H groups in total. The summed E-state index contributed by atoms with van der Waals surface area (Å²) in [6.07, 6.45) is 3.46. The fraction of sp³-hybridized carbons (Fsp3) is 0. The van der Waals surface area contributed by atoms with Crippen LogP contribution < -0.4 is 0 Å². The largest absolute Gasteiger partial charge is 0.286 e. The minimum Gasteiger partial charge on any atom is -0.286 e. The Morgan fingerprint density at radius 1 is 1.00 bits per heavy atom. The van der Waals surface area contributed by atoms with Crippen LogP contribution in [0.1, 0.15) is 0 Å². The zero-order valence-corrected chi connectivity index (χ0v) is 4.89. The normalized spacial score (nSPS) is 4.00. The van der Waals surface area contributed by atoms with E-state index in [9.17, 15) is 0 Å². The van der Waals surface area contributed by atoms with Gasteiger partial charge in [0.25, 0.3) is 0 Å². The Morgan fingerprint density at radius 2 is 1.50 bits per heavy atom. The van der Waals surface area contributed by atoms with E-state index < -0.39 is 0 Å². The third-order valence-corrected chi connectivity index (χ3v) is 0.406. The smallest absolute Gasteiger partial charge is 0.0487 e. The maximum atomic E-state index is 3.60. The summed E-state index contributed by atoms with van der Waals surface area (Å²) in [4.78, 5) is 0. The van der Waals surface area contributed by atoms with E-state index in [1.165, 1.54) is 0 Å². The summed E-state index contributed by atoms with van der Waals surface area (Å²) in [5, 5.41) is 6.21. The Labute approximate surface area is 57.1 Å². The van der Waals surface area contributed by atoms with Gasteiger partial charge < -0.3 is 0 Å². The van der Waals surface area contributed by atoms with Crippen LogP contribution in [-0.4, -0.2) is 18.6 Å². The van der Waals surface area contributed by atoms with Gasteiger partial charge in [-0.2, -0.15) is 5.10 Å². The summed E-state index contributed by atoms with van der Waals surface area (Å²) in [7, 11) is 0. The monoisotopic (exact) mass is 159 g/mol. The molecule has 0 saturated carbocycles. The summed E-state index contributed by atoms with van der Waals surface area (Å²) in [5.41, 5.74) is 0. The fourth-order valence-corrected chi connectivity index (χ4v) is 0.215. The van der Waals surface area contributed by atoms with Crippen LogP contribution in [0.15, 0.2) is 18.5 Å². The lowest BCUT2D eigenvalue weighted by Gasteiger charge is -1.49. The van der Waals surface area contributed by atoms with Gasteiger partial charge >= 0.3 is 0 Å². The Morgan fingerprint density at radius 3 is 1.60 bits per heavy atom. The minimum atomic E-state index is 0. The first-order chi connectivity index (χ1) is 2.50. The van der Waals surface area contributed by atoms with E-state index in [2.05, 4.69) is 10.2 Å². The maximum absolute atomic E-state index is 3.60. The van der Waals surface area contributed by atoms with Crippen molar-refractivity contribution in [2.45, 2.75) is 0 Å². The van der Waals surface area contributed by atoms with E-state index in [1.54, 1.807) is 12.4 Å². The molecule has 2 nitrogen and oxygen atoms in total. The highest BCUT2D eigenvalue weighted by Gasteiger charge is 1.56. The van der Waals surface area contributed by atoms with Crippen molar-refractivity contribution >= 4 is 8.41 Å². The first-order valence-corrected chi connectivity index (χ1v) is 1.44. The molecule has 0 aliphatic carbocycles. The molecule has 1 aromatic rings. The van der Waals surface area contributed by atoms with Crippen LogP contribution in [0.5, 0.6) is 0 Å². The topological polar surface area (TPSA) is 28.7 Å². The summed E-state index contributed by atoms with van der Waals surface area (Å²) in [5.74, 6) is 0. The van der Waals surface area contributed by atoms with Crippen molar-refractivity contribution in [3.05, 3.63) is 18.5 Å². The molecule has 7 heteroatoms. The third-order valence-electron chi connectivity index (χ3n) is 0.406. The van der Waals surface area contributed by atoms with Gasteiger partial charge in [0.05, 0.1) is 0 Å². The summed E-state index contributed by atoms with van der Waals surface area (Å²) in [6.45, 7) is 0. The molecule has 0 spiro atoms. The molecule has 0 aliphatic heterocycles. The van der Waals surface area contributed by atoms with Gasteiger partial charge in [-0.05, 0) is 6.07 Å². The van der Waals surface area contributed by atoms with Crippen molar-refractivity contribution < 1.29 is 18.8 Å². The maximum Gasteiger partial charge on any atom is 0.0487 e. The highest BCUT2D eigenvalue weighted by Crippen LogP contribution is 1.64. The lowest BCUT2D eigenvalue weighted by molar-refractivity contribution is 1.09. The molecule has 1 aromatic heterocycles. The van der Waals surface area contributed by atoms with Crippen LogP contribution in [0.25, 0.3) is 0 Å². The van der Waals surface area contributed by atoms with Crippen molar-refractivity contribution in [2.24, 2.45) is 0 Å². The van der Waals surface area contributed by atoms with Crippen molar-refractivity contribution in [1.29, 1.82) is 0 Å². The summed E-state index contributed by atoms with van der Waals surface area (Å²) in [6, 6.07) is 1.83. The Hall–Kier alpha value is -1.01. The van der Waals surface area contributed by atoms with Gasteiger partial charge in [0, 0.05) is 20.8 Å². The number of hydrogen-bond donors (Lipinski definition) is 1. The van der Waals surface area contributed by atoms with Crippen molar-refractivity contribution in [3.8, 4) is 0 Å². The molecular formula is C3H8BF4N2. The summed E-state index contributed by atoms with van der Waals surface area (Å²) >= 11 is 0. The van der Waals surface area contributed by atoms with Crippen LogP contribution in [0.4, 0.5) is 18.8 Å². The van der Waals surface area contributed by atoms with Crippen molar-refractivity contribution in [2.75, 3.05) is 0 Å². The number of rotatable bonds is 0. The van der Waals surface area contributed by atoms with Gasteiger partial charge in [0.15, 0.2) is 0 Å². The lowest BCUT2D eigenvalue weighted by atomic mass is 10.8. The molecule has 0 atom stereocenters. The van der Waals surface area contributed by atoms with E-state index >= 15 is 0 Å². The standard InChI is InChI=1S/C3H4N2.B.4FH/c1-2-4-5-3-1;;;;;/h1-3H,(H,4,5);;4*1H. The molecule has 3 radical (unpaired) electrons. The van der Waals surface area contributed by atoms with E-state index in [-0.39, 0.29) is 27.2 Å². The van der Waals surface area contributed by atoms with Crippen molar-refractivity contribution in [3.63, 3.8) is 0 Å². The number of nitrogens with one attached hydrogen (secondary N) is 1. The second-order valence-electron chi connectivity index (χ2n) is 0.766. The van der Waals surface area contributed by atoms with Crippen LogP contribution in [-0.2, 0) is 0 Å². The summed E-state index contributed by atoms with van der Waals surface area (Å²) < 4.78 is 0. The minimum absolute atomic E-state index is 0. The molecule has 0 aromatic carbocycles. The van der Waals surface area contributed by atoms with Crippen LogP contribution in [0, 0.1) is 0 Å². The molecule has 61 valence electrons. The number of halogens is 4. The molecular weight excluding hydrogens is 151 g/mol. The van der Waals surface area contributed by atoms with Crippen LogP contribution >= 0.6 is 0 Å². The predicted octanol–water partition coefficient (Wildman–Crippen LogP) is 0.639. The van der Waals surface area contributed by atoms with Gasteiger partial charge in [-0.1, -0.05) is 0 Å². The zero-order valence-electron chi connectivity index (χ0n) is 4.89. The molecule has 1 heterocycles. The molecule has 0 fully saturated rings. The van der Waals surface area contributed by atoms with Crippen LogP contribution in [0.2, 0.25) is 0 Å². The van der Waals surface area contributed by atoms with Gasteiger partial charge in [0.1, 0.15) is 0 Å². The van der Waals surface area contributed by atoms with Gasteiger partial charge in [-0.15, -0.1) is 0 Å². The number of H-pyrrole nitrogens is 1. The Bertz CT molecular complexity index is 75.0.